The lowest BCUT2D eigenvalue weighted by atomic mass is 9.96. The average molecular weight is 205 g/mol. The van der Waals surface area contributed by atoms with Crippen molar-refractivity contribution in [1.29, 1.82) is 0 Å². The first kappa shape index (κ1) is 12.6. The fourth-order valence-electron chi connectivity index (χ4n) is 0.619. The smallest absolute Gasteiger partial charge is 0.225 e. The fourth-order valence-corrected chi connectivity index (χ4v) is 0.937. The first-order valence-corrected chi connectivity index (χ1v) is 5.98. The first-order chi connectivity index (χ1) is 5.75. The predicted octanol–water partition coefficient (Wildman–Crippen LogP) is 0.916. The number of hydrogen-bond acceptors (Lipinski definition) is 2. The van der Waals surface area contributed by atoms with Crippen molar-refractivity contribution < 1.29 is 9.00 Å². The van der Waals surface area contributed by atoms with E-state index in [9.17, 15) is 9.00 Å². The van der Waals surface area contributed by atoms with Gasteiger partial charge in [0.2, 0.25) is 5.91 Å². The van der Waals surface area contributed by atoms with Crippen LogP contribution in [-0.4, -0.2) is 28.2 Å². The van der Waals surface area contributed by atoms with Crippen molar-refractivity contribution in [1.82, 2.24) is 5.32 Å². The molecule has 0 saturated carbocycles. The maximum absolute atomic E-state index is 11.4. The highest BCUT2D eigenvalue weighted by Gasteiger charge is 2.21. The number of carbonyl (C=O) groups is 1. The zero-order chi connectivity index (χ0) is 10.6. The normalized spacial score (nSPS) is 16.4. The molecular formula is C9H19NO2S. The SMILES string of the molecule is CC(CNC(=O)C(C)(C)C)S(C)=O. The van der Waals surface area contributed by atoms with Crippen LogP contribution in [0.2, 0.25) is 0 Å². The summed E-state index contributed by atoms with van der Waals surface area (Å²) in [5.74, 6) is 0.00444. The predicted molar refractivity (Wildman–Crippen MR) is 56.0 cm³/mol. The van der Waals surface area contributed by atoms with Crippen molar-refractivity contribution in [3.8, 4) is 0 Å². The summed E-state index contributed by atoms with van der Waals surface area (Å²) >= 11 is 0. The Balaban J connectivity index is 3.91. The topological polar surface area (TPSA) is 46.2 Å². The molecule has 0 aromatic heterocycles. The molecule has 2 atom stereocenters. The van der Waals surface area contributed by atoms with Gasteiger partial charge in [0.15, 0.2) is 0 Å². The molecular weight excluding hydrogens is 186 g/mol. The van der Waals surface area contributed by atoms with E-state index in [4.69, 9.17) is 0 Å². The van der Waals surface area contributed by atoms with Gasteiger partial charge in [-0.3, -0.25) is 9.00 Å². The molecule has 0 saturated heterocycles. The van der Waals surface area contributed by atoms with E-state index in [1.165, 1.54) is 0 Å². The fraction of sp³-hybridized carbons (Fsp3) is 0.889. The number of carbonyl (C=O) groups excluding carboxylic acids is 1. The molecule has 0 aromatic rings. The standard InChI is InChI=1S/C9H19NO2S/c1-7(13(5)12)6-10-8(11)9(2,3)4/h7H,6H2,1-5H3,(H,10,11). The minimum absolute atomic E-state index is 0.00444. The maximum Gasteiger partial charge on any atom is 0.225 e. The van der Waals surface area contributed by atoms with E-state index in [1.54, 1.807) is 6.26 Å². The summed E-state index contributed by atoms with van der Waals surface area (Å²) < 4.78 is 11.0. The van der Waals surface area contributed by atoms with Crippen LogP contribution in [0.25, 0.3) is 0 Å². The molecule has 78 valence electrons. The second-order valence-corrected chi connectivity index (χ2v) is 6.07. The molecule has 0 bridgehead atoms. The van der Waals surface area contributed by atoms with E-state index in [0.29, 0.717) is 6.54 Å². The van der Waals surface area contributed by atoms with Crippen LogP contribution in [0.5, 0.6) is 0 Å². The number of hydrogen-bond donors (Lipinski definition) is 1. The van der Waals surface area contributed by atoms with Crippen molar-refractivity contribution in [3.63, 3.8) is 0 Å². The van der Waals surface area contributed by atoms with Crippen LogP contribution in [0.4, 0.5) is 0 Å². The van der Waals surface area contributed by atoms with Crippen LogP contribution in [0, 0.1) is 5.41 Å². The third kappa shape index (κ3) is 5.03. The van der Waals surface area contributed by atoms with E-state index in [0.717, 1.165) is 0 Å². The lowest BCUT2D eigenvalue weighted by molar-refractivity contribution is -0.128. The molecule has 0 spiro atoms. The van der Waals surface area contributed by atoms with Crippen LogP contribution in [0.1, 0.15) is 27.7 Å². The molecule has 3 nitrogen and oxygen atoms in total. The number of amides is 1. The minimum Gasteiger partial charge on any atom is -0.354 e. The van der Waals surface area contributed by atoms with Crippen LogP contribution in [0.15, 0.2) is 0 Å². The quantitative estimate of drug-likeness (QED) is 0.744. The largest absolute Gasteiger partial charge is 0.354 e. The molecule has 0 aromatic carbocycles. The Morgan fingerprint density at radius 2 is 1.92 bits per heavy atom. The zero-order valence-electron chi connectivity index (χ0n) is 9.01. The molecule has 13 heavy (non-hydrogen) atoms. The van der Waals surface area contributed by atoms with Gasteiger partial charge in [0.25, 0.3) is 0 Å². The molecule has 0 aliphatic heterocycles. The zero-order valence-corrected chi connectivity index (χ0v) is 9.83. The molecule has 2 unspecified atom stereocenters. The highest BCUT2D eigenvalue weighted by molar-refractivity contribution is 7.84. The monoisotopic (exact) mass is 205 g/mol. The van der Waals surface area contributed by atoms with Gasteiger partial charge in [-0.15, -0.1) is 0 Å². The van der Waals surface area contributed by atoms with Gasteiger partial charge in [-0.25, -0.2) is 0 Å². The van der Waals surface area contributed by atoms with Crippen molar-refractivity contribution in [2.24, 2.45) is 5.41 Å². The summed E-state index contributed by atoms with van der Waals surface area (Å²) in [7, 11) is -0.868. The third-order valence-corrected chi connectivity index (χ3v) is 3.10. The van der Waals surface area contributed by atoms with Crippen molar-refractivity contribution >= 4 is 16.7 Å². The number of nitrogens with one attached hydrogen (secondary N) is 1. The number of rotatable bonds is 3. The molecule has 0 rings (SSSR count). The Hall–Kier alpha value is -0.380. The van der Waals surface area contributed by atoms with Crippen molar-refractivity contribution in [2.45, 2.75) is 32.9 Å². The van der Waals surface area contributed by atoms with E-state index in [1.807, 2.05) is 27.7 Å². The van der Waals surface area contributed by atoms with Crippen LogP contribution < -0.4 is 5.32 Å². The summed E-state index contributed by atoms with van der Waals surface area (Å²) in [5, 5.41) is 2.79. The average Bonchev–Trinajstić information content (AvgIpc) is 1.97. The molecule has 4 heteroatoms. The summed E-state index contributed by atoms with van der Waals surface area (Å²) in [6.07, 6.45) is 1.65. The van der Waals surface area contributed by atoms with Gasteiger partial charge in [-0.1, -0.05) is 20.8 Å². The van der Waals surface area contributed by atoms with Gasteiger partial charge in [-0.2, -0.15) is 0 Å². The van der Waals surface area contributed by atoms with E-state index in [2.05, 4.69) is 5.32 Å². The molecule has 0 fully saturated rings. The van der Waals surface area contributed by atoms with Crippen molar-refractivity contribution in [3.05, 3.63) is 0 Å². The third-order valence-electron chi connectivity index (χ3n) is 1.80. The molecule has 0 heterocycles. The van der Waals surface area contributed by atoms with Crippen LogP contribution in [0.3, 0.4) is 0 Å². The van der Waals surface area contributed by atoms with E-state index < -0.39 is 10.8 Å². The highest BCUT2D eigenvalue weighted by Crippen LogP contribution is 2.12. The lowest BCUT2D eigenvalue weighted by Crippen LogP contribution is -2.39. The summed E-state index contributed by atoms with van der Waals surface area (Å²) in [6.45, 7) is 7.92. The molecule has 1 N–H and O–H groups in total. The Morgan fingerprint density at radius 1 is 1.46 bits per heavy atom. The van der Waals surface area contributed by atoms with Crippen LogP contribution >= 0.6 is 0 Å². The maximum atomic E-state index is 11.4. The Morgan fingerprint density at radius 3 is 2.23 bits per heavy atom. The first-order valence-electron chi connectivity index (χ1n) is 4.35. The van der Waals surface area contributed by atoms with Crippen molar-refractivity contribution in [2.75, 3.05) is 12.8 Å². The van der Waals surface area contributed by atoms with E-state index >= 15 is 0 Å². The van der Waals surface area contributed by atoms with Gasteiger partial charge < -0.3 is 5.32 Å². The van der Waals surface area contributed by atoms with Gasteiger partial charge in [-0.05, 0) is 6.92 Å². The summed E-state index contributed by atoms with van der Waals surface area (Å²) in [5.41, 5.74) is -0.366. The Labute approximate surface area is 82.7 Å². The van der Waals surface area contributed by atoms with Gasteiger partial charge in [0.1, 0.15) is 0 Å². The molecule has 1 amide bonds. The minimum atomic E-state index is -0.868. The Kier molecular flexibility index (Phi) is 4.61. The lowest BCUT2D eigenvalue weighted by Gasteiger charge is -2.19. The van der Waals surface area contributed by atoms with Gasteiger partial charge in [0, 0.05) is 34.3 Å². The molecule has 0 radical (unpaired) electrons. The molecule has 0 aliphatic rings. The Bertz CT molecular complexity index is 208. The summed E-state index contributed by atoms with van der Waals surface area (Å²) in [6, 6.07) is 0. The van der Waals surface area contributed by atoms with E-state index in [-0.39, 0.29) is 16.6 Å². The van der Waals surface area contributed by atoms with Gasteiger partial charge >= 0.3 is 0 Å². The van der Waals surface area contributed by atoms with Crippen LogP contribution in [-0.2, 0) is 15.6 Å². The second-order valence-electron chi connectivity index (χ2n) is 4.27. The van der Waals surface area contributed by atoms with Gasteiger partial charge in [0.05, 0.1) is 0 Å². The summed E-state index contributed by atoms with van der Waals surface area (Å²) in [4.78, 5) is 11.4. The highest BCUT2D eigenvalue weighted by atomic mass is 32.2. The second kappa shape index (κ2) is 4.74. The molecule has 0 aliphatic carbocycles.